The van der Waals surface area contributed by atoms with Crippen LogP contribution in [0.15, 0.2) is 35.1 Å². The van der Waals surface area contributed by atoms with Gasteiger partial charge in [0.05, 0.1) is 0 Å². The number of carbonyl (C=O) groups excluding carboxylic acids is 2. The lowest BCUT2D eigenvalue weighted by Gasteiger charge is -2.32. The van der Waals surface area contributed by atoms with Gasteiger partial charge in [-0.2, -0.15) is 0 Å². The Morgan fingerprint density at radius 3 is 2.57 bits per heavy atom. The molecule has 2 amide bonds. The third kappa shape index (κ3) is 3.56. The summed E-state index contributed by atoms with van der Waals surface area (Å²) in [6.45, 7) is 2.97. The van der Waals surface area contributed by atoms with E-state index in [0.29, 0.717) is 24.4 Å². The molecule has 7 heteroatoms. The summed E-state index contributed by atoms with van der Waals surface area (Å²) in [4.78, 5) is 30.1. The van der Waals surface area contributed by atoms with Gasteiger partial charge in [0.2, 0.25) is 0 Å². The Balaban J connectivity index is 1.52. The molecule has 1 fully saturated rings. The monoisotopic (exact) mass is 314 g/mol. The fourth-order valence-corrected chi connectivity index (χ4v) is 2.64. The SMILES string of the molecule is Cc1cc(C(=O)NC2CCN(C(=O)c3ccncc3)CC2)no1. The van der Waals surface area contributed by atoms with Gasteiger partial charge >= 0.3 is 0 Å². The van der Waals surface area contributed by atoms with Crippen LogP contribution in [0.5, 0.6) is 0 Å². The molecule has 120 valence electrons. The zero-order valence-corrected chi connectivity index (χ0v) is 12.9. The summed E-state index contributed by atoms with van der Waals surface area (Å²) in [5.41, 5.74) is 0.929. The summed E-state index contributed by atoms with van der Waals surface area (Å²) >= 11 is 0. The maximum absolute atomic E-state index is 12.3. The van der Waals surface area contributed by atoms with Gasteiger partial charge in [-0.3, -0.25) is 14.6 Å². The van der Waals surface area contributed by atoms with E-state index >= 15 is 0 Å². The van der Waals surface area contributed by atoms with Crippen molar-refractivity contribution in [2.45, 2.75) is 25.8 Å². The predicted octanol–water partition coefficient (Wildman–Crippen LogP) is 1.41. The second kappa shape index (κ2) is 6.60. The lowest BCUT2D eigenvalue weighted by Crippen LogP contribution is -2.46. The van der Waals surface area contributed by atoms with Crippen LogP contribution in [0, 0.1) is 6.92 Å². The van der Waals surface area contributed by atoms with Crippen molar-refractivity contribution in [3.05, 3.63) is 47.6 Å². The van der Waals surface area contributed by atoms with Crippen molar-refractivity contribution in [1.82, 2.24) is 20.4 Å². The van der Waals surface area contributed by atoms with Gasteiger partial charge in [-0.05, 0) is 31.9 Å². The molecule has 0 radical (unpaired) electrons. The molecule has 7 nitrogen and oxygen atoms in total. The van der Waals surface area contributed by atoms with E-state index in [4.69, 9.17) is 4.52 Å². The molecule has 23 heavy (non-hydrogen) atoms. The van der Waals surface area contributed by atoms with Gasteiger partial charge in [-0.15, -0.1) is 0 Å². The maximum Gasteiger partial charge on any atom is 0.273 e. The molecular formula is C16H18N4O3. The molecule has 1 aliphatic heterocycles. The number of hydrogen-bond donors (Lipinski definition) is 1. The standard InChI is InChI=1S/C16H18N4O3/c1-11-10-14(19-23-11)15(21)18-13-4-8-20(9-5-13)16(22)12-2-6-17-7-3-12/h2-3,6-7,10,13H,4-5,8-9H2,1H3,(H,18,21). The molecule has 3 rings (SSSR count). The van der Waals surface area contributed by atoms with E-state index in [1.807, 2.05) is 0 Å². The van der Waals surface area contributed by atoms with Crippen LogP contribution < -0.4 is 5.32 Å². The average Bonchev–Trinajstić information content (AvgIpc) is 3.02. The van der Waals surface area contributed by atoms with Gasteiger partial charge in [-0.1, -0.05) is 5.16 Å². The number of aromatic nitrogens is 2. The highest BCUT2D eigenvalue weighted by atomic mass is 16.5. The molecule has 1 aliphatic rings. The minimum absolute atomic E-state index is 0.00398. The molecule has 1 saturated heterocycles. The zero-order chi connectivity index (χ0) is 16.2. The Hall–Kier alpha value is -2.70. The number of nitrogens with one attached hydrogen (secondary N) is 1. The molecular weight excluding hydrogens is 296 g/mol. The number of pyridine rings is 1. The average molecular weight is 314 g/mol. The van der Waals surface area contributed by atoms with E-state index in [-0.39, 0.29) is 23.6 Å². The van der Waals surface area contributed by atoms with Gasteiger partial charge in [0.25, 0.3) is 11.8 Å². The predicted molar refractivity (Wildman–Crippen MR) is 81.9 cm³/mol. The number of aryl methyl sites for hydroxylation is 1. The van der Waals surface area contributed by atoms with Crippen molar-refractivity contribution in [1.29, 1.82) is 0 Å². The highest BCUT2D eigenvalue weighted by Crippen LogP contribution is 2.14. The molecule has 2 aromatic heterocycles. The second-order valence-corrected chi connectivity index (χ2v) is 5.60. The molecule has 0 unspecified atom stereocenters. The molecule has 0 aliphatic carbocycles. The van der Waals surface area contributed by atoms with Crippen molar-refractivity contribution in [2.75, 3.05) is 13.1 Å². The molecule has 0 aromatic carbocycles. The molecule has 3 heterocycles. The van der Waals surface area contributed by atoms with E-state index < -0.39 is 0 Å². The van der Waals surface area contributed by atoms with E-state index in [1.54, 1.807) is 42.4 Å². The van der Waals surface area contributed by atoms with Gasteiger partial charge in [-0.25, -0.2) is 0 Å². The van der Waals surface area contributed by atoms with Crippen LogP contribution in [-0.2, 0) is 0 Å². The summed E-state index contributed by atoms with van der Waals surface area (Å²) in [5, 5.41) is 6.64. The van der Waals surface area contributed by atoms with Crippen LogP contribution in [0.25, 0.3) is 0 Å². The van der Waals surface area contributed by atoms with Crippen LogP contribution in [0.3, 0.4) is 0 Å². The van der Waals surface area contributed by atoms with Crippen molar-refractivity contribution >= 4 is 11.8 Å². The first-order valence-corrected chi connectivity index (χ1v) is 7.57. The van der Waals surface area contributed by atoms with E-state index in [0.717, 1.165) is 12.8 Å². The van der Waals surface area contributed by atoms with Crippen LogP contribution in [0.1, 0.15) is 39.4 Å². The lowest BCUT2D eigenvalue weighted by molar-refractivity contribution is 0.0697. The van der Waals surface area contributed by atoms with Crippen molar-refractivity contribution in [3.63, 3.8) is 0 Å². The number of rotatable bonds is 3. The summed E-state index contributed by atoms with van der Waals surface area (Å²) in [6.07, 6.45) is 4.67. The maximum atomic E-state index is 12.3. The van der Waals surface area contributed by atoms with E-state index in [1.165, 1.54) is 0 Å². The van der Waals surface area contributed by atoms with Crippen molar-refractivity contribution in [3.8, 4) is 0 Å². The Morgan fingerprint density at radius 2 is 1.96 bits per heavy atom. The number of likely N-dealkylation sites (tertiary alicyclic amines) is 1. The highest BCUT2D eigenvalue weighted by molar-refractivity contribution is 5.94. The summed E-state index contributed by atoms with van der Waals surface area (Å²) < 4.78 is 4.90. The Kier molecular flexibility index (Phi) is 4.36. The number of hydrogen-bond acceptors (Lipinski definition) is 5. The lowest BCUT2D eigenvalue weighted by atomic mass is 10.0. The first-order valence-electron chi connectivity index (χ1n) is 7.57. The highest BCUT2D eigenvalue weighted by Gasteiger charge is 2.25. The number of carbonyl (C=O) groups is 2. The fraction of sp³-hybridized carbons (Fsp3) is 0.375. The minimum Gasteiger partial charge on any atom is -0.361 e. The minimum atomic E-state index is -0.235. The summed E-state index contributed by atoms with van der Waals surface area (Å²) in [7, 11) is 0. The Morgan fingerprint density at radius 1 is 1.26 bits per heavy atom. The number of nitrogens with zero attached hydrogens (tertiary/aromatic N) is 3. The molecule has 0 saturated carbocycles. The van der Waals surface area contributed by atoms with Gasteiger partial charge in [0.1, 0.15) is 5.76 Å². The fourth-order valence-electron chi connectivity index (χ4n) is 2.64. The third-order valence-corrected chi connectivity index (χ3v) is 3.91. The zero-order valence-electron chi connectivity index (χ0n) is 12.9. The largest absolute Gasteiger partial charge is 0.361 e. The second-order valence-electron chi connectivity index (χ2n) is 5.60. The van der Waals surface area contributed by atoms with Crippen LogP contribution in [-0.4, -0.2) is 46.0 Å². The Labute approximate surface area is 133 Å². The van der Waals surface area contributed by atoms with Crippen LogP contribution in [0.2, 0.25) is 0 Å². The van der Waals surface area contributed by atoms with E-state index in [9.17, 15) is 9.59 Å². The van der Waals surface area contributed by atoms with Crippen molar-refractivity contribution in [2.24, 2.45) is 0 Å². The first kappa shape index (κ1) is 15.2. The molecule has 0 bridgehead atoms. The Bertz CT molecular complexity index is 690. The molecule has 0 spiro atoms. The van der Waals surface area contributed by atoms with Gasteiger partial charge in [0.15, 0.2) is 5.69 Å². The normalized spacial score (nSPS) is 15.4. The topological polar surface area (TPSA) is 88.3 Å². The quantitative estimate of drug-likeness (QED) is 0.925. The smallest absolute Gasteiger partial charge is 0.273 e. The van der Waals surface area contributed by atoms with Gasteiger partial charge < -0.3 is 14.7 Å². The van der Waals surface area contributed by atoms with Crippen molar-refractivity contribution < 1.29 is 14.1 Å². The molecule has 1 N–H and O–H groups in total. The van der Waals surface area contributed by atoms with Crippen LogP contribution >= 0.6 is 0 Å². The molecule has 2 aromatic rings. The first-order chi connectivity index (χ1) is 11.1. The summed E-state index contributed by atoms with van der Waals surface area (Å²) in [6, 6.07) is 5.07. The van der Waals surface area contributed by atoms with Crippen LogP contribution in [0.4, 0.5) is 0 Å². The number of piperidine rings is 1. The van der Waals surface area contributed by atoms with E-state index in [2.05, 4.69) is 15.5 Å². The number of amides is 2. The third-order valence-electron chi connectivity index (χ3n) is 3.91. The summed E-state index contributed by atoms with van der Waals surface area (Å²) in [5.74, 6) is 0.373. The van der Waals surface area contributed by atoms with Gasteiger partial charge in [0, 0.05) is 43.2 Å². The molecule has 0 atom stereocenters.